The molecule has 29 heavy (non-hydrogen) atoms. The minimum atomic E-state index is -3.57. The predicted molar refractivity (Wildman–Crippen MR) is 117 cm³/mol. The number of carbonyl (C=O) groups is 1. The number of hydroxylamine groups is 1. The van der Waals surface area contributed by atoms with Gasteiger partial charge in [-0.2, -0.15) is 0 Å². The number of hydrogen-bond acceptors (Lipinski definition) is 6. The Morgan fingerprint density at radius 2 is 1.03 bits per heavy atom. The second kappa shape index (κ2) is 16.1. The quantitative estimate of drug-likeness (QED) is 0.174. The van der Waals surface area contributed by atoms with Gasteiger partial charge in [-0.1, -0.05) is 78.1 Å². The molecule has 0 aromatic rings. The van der Waals surface area contributed by atoms with Crippen LogP contribution in [0, 0.1) is 5.92 Å². The standard InChI is InChI=1S/C20H41NO6S2/c1-3-5-7-9-11-13-15-28(24,25)17-19(20(22)21-23)18-29(26,27)16-14-12-10-8-6-4-2/h19,23H,3-18H2,1-2H3,(H,21,22). The van der Waals surface area contributed by atoms with Crippen molar-refractivity contribution in [2.24, 2.45) is 5.92 Å². The second-order valence-corrected chi connectivity index (χ2v) is 12.4. The van der Waals surface area contributed by atoms with E-state index in [2.05, 4.69) is 13.8 Å². The summed E-state index contributed by atoms with van der Waals surface area (Å²) >= 11 is 0. The summed E-state index contributed by atoms with van der Waals surface area (Å²) in [5.74, 6) is -3.47. The average molecular weight is 456 g/mol. The van der Waals surface area contributed by atoms with Crippen LogP contribution >= 0.6 is 0 Å². The van der Waals surface area contributed by atoms with Crippen molar-refractivity contribution in [3.63, 3.8) is 0 Å². The molecule has 0 saturated carbocycles. The highest BCUT2D eigenvalue weighted by Crippen LogP contribution is 2.13. The van der Waals surface area contributed by atoms with Gasteiger partial charge in [0.25, 0.3) is 0 Å². The molecule has 0 spiro atoms. The third-order valence-corrected chi connectivity index (χ3v) is 8.65. The topological polar surface area (TPSA) is 118 Å². The fourth-order valence-corrected chi connectivity index (χ4v) is 6.81. The van der Waals surface area contributed by atoms with E-state index in [1.54, 1.807) is 0 Å². The average Bonchev–Trinajstić information content (AvgIpc) is 2.65. The van der Waals surface area contributed by atoms with Gasteiger partial charge in [0.05, 0.1) is 28.9 Å². The molecule has 0 aromatic heterocycles. The molecule has 2 N–H and O–H groups in total. The van der Waals surface area contributed by atoms with Crippen LogP contribution in [0.25, 0.3) is 0 Å². The third kappa shape index (κ3) is 15.8. The molecule has 0 aliphatic rings. The lowest BCUT2D eigenvalue weighted by Crippen LogP contribution is -2.38. The van der Waals surface area contributed by atoms with Crippen molar-refractivity contribution in [3.8, 4) is 0 Å². The summed E-state index contributed by atoms with van der Waals surface area (Å²) in [6, 6.07) is 0. The number of nitrogens with one attached hydrogen (secondary N) is 1. The maximum atomic E-state index is 12.3. The van der Waals surface area contributed by atoms with Crippen LogP contribution in [-0.4, -0.2) is 51.0 Å². The van der Waals surface area contributed by atoms with Crippen LogP contribution in [0.2, 0.25) is 0 Å². The maximum Gasteiger partial charge on any atom is 0.248 e. The van der Waals surface area contributed by atoms with E-state index in [9.17, 15) is 21.6 Å². The van der Waals surface area contributed by atoms with E-state index in [1.807, 2.05) is 0 Å². The number of unbranched alkanes of at least 4 members (excludes halogenated alkanes) is 10. The van der Waals surface area contributed by atoms with Crippen LogP contribution in [0.4, 0.5) is 0 Å². The van der Waals surface area contributed by atoms with E-state index in [-0.39, 0.29) is 11.5 Å². The molecule has 0 bridgehead atoms. The van der Waals surface area contributed by atoms with Crippen LogP contribution in [0.5, 0.6) is 0 Å². The molecule has 0 rings (SSSR count). The Morgan fingerprint density at radius 1 is 0.690 bits per heavy atom. The largest absolute Gasteiger partial charge is 0.289 e. The van der Waals surface area contributed by atoms with Gasteiger partial charge in [-0.15, -0.1) is 0 Å². The Labute approximate surface area is 177 Å². The number of hydrogen-bond donors (Lipinski definition) is 2. The van der Waals surface area contributed by atoms with Crippen LogP contribution in [-0.2, 0) is 24.5 Å². The molecule has 0 aliphatic carbocycles. The lowest BCUT2D eigenvalue weighted by atomic mass is 10.1. The van der Waals surface area contributed by atoms with E-state index in [0.717, 1.165) is 64.2 Å². The summed E-state index contributed by atoms with van der Waals surface area (Å²) in [4.78, 5) is 11.9. The summed E-state index contributed by atoms with van der Waals surface area (Å²) in [7, 11) is -7.15. The minimum Gasteiger partial charge on any atom is -0.289 e. The first kappa shape index (κ1) is 28.3. The Hall–Kier alpha value is -0.670. The zero-order valence-electron chi connectivity index (χ0n) is 18.2. The van der Waals surface area contributed by atoms with Crippen molar-refractivity contribution < 1.29 is 26.8 Å². The minimum absolute atomic E-state index is 0.0637. The highest BCUT2D eigenvalue weighted by molar-refractivity contribution is 7.92. The molecule has 0 aromatic carbocycles. The van der Waals surface area contributed by atoms with E-state index in [0.29, 0.717) is 12.8 Å². The fraction of sp³-hybridized carbons (Fsp3) is 0.950. The first-order valence-electron chi connectivity index (χ1n) is 11.0. The summed E-state index contributed by atoms with van der Waals surface area (Å²) in [6.07, 6.45) is 11.2. The molecule has 0 unspecified atom stereocenters. The third-order valence-electron chi connectivity index (χ3n) is 5.01. The lowest BCUT2D eigenvalue weighted by Gasteiger charge is -2.15. The Morgan fingerprint density at radius 3 is 1.38 bits per heavy atom. The number of rotatable bonds is 19. The normalized spacial score (nSPS) is 12.4. The monoisotopic (exact) mass is 455 g/mol. The molecule has 0 aliphatic heterocycles. The fourth-order valence-electron chi connectivity index (χ4n) is 3.28. The molecular weight excluding hydrogens is 414 g/mol. The van der Waals surface area contributed by atoms with Crippen molar-refractivity contribution in [3.05, 3.63) is 0 Å². The zero-order valence-corrected chi connectivity index (χ0v) is 19.8. The molecule has 1 amide bonds. The van der Waals surface area contributed by atoms with E-state index in [1.165, 1.54) is 5.48 Å². The zero-order chi connectivity index (χ0) is 22.2. The molecule has 0 atom stereocenters. The Balaban J connectivity index is 4.57. The molecule has 0 fully saturated rings. The molecule has 7 nitrogen and oxygen atoms in total. The van der Waals surface area contributed by atoms with Gasteiger partial charge in [0, 0.05) is 0 Å². The molecule has 0 radical (unpaired) electrons. The predicted octanol–water partition coefficient (Wildman–Crippen LogP) is 3.66. The first-order valence-corrected chi connectivity index (χ1v) is 14.7. The number of carbonyl (C=O) groups excluding carboxylic acids is 1. The molecule has 9 heteroatoms. The van der Waals surface area contributed by atoms with Crippen LogP contribution in [0.15, 0.2) is 0 Å². The highest BCUT2D eigenvalue weighted by Gasteiger charge is 2.30. The van der Waals surface area contributed by atoms with Crippen LogP contribution in [0.3, 0.4) is 0 Å². The van der Waals surface area contributed by atoms with Gasteiger partial charge < -0.3 is 0 Å². The van der Waals surface area contributed by atoms with Gasteiger partial charge in [-0.3, -0.25) is 10.0 Å². The van der Waals surface area contributed by atoms with Crippen molar-refractivity contribution in [2.75, 3.05) is 23.0 Å². The maximum absolute atomic E-state index is 12.3. The van der Waals surface area contributed by atoms with Crippen molar-refractivity contribution in [2.45, 2.75) is 90.9 Å². The van der Waals surface area contributed by atoms with Gasteiger partial charge >= 0.3 is 0 Å². The number of sulfone groups is 2. The highest BCUT2D eigenvalue weighted by atomic mass is 32.2. The second-order valence-electron chi connectivity index (χ2n) is 7.94. The molecule has 0 heterocycles. The first-order chi connectivity index (χ1) is 13.7. The van der Waals surface area contributed by atoms with Crippen molar-refractivity contribution >= 4 is 25.6 Å². The van der Waals surface area contributed by atoms with E-state index < -0.39 is 43.0 Å². The van der Waals surface area contributed by atoms with E-state index >= 15 is 0 Å². The van der Waals surface area contributed by atoms with Gasteiger partial charge in [0.2, 0.25) is 5.91 Å². The molecule has 174 valence electrons. The smallest absolute Gasteiger partial charge is 0.248 e. The molecular formula is C20H41NO6S2. The summed E-state index contributed by atoms with van der Waals surface area (Å²) < 4.78 is 49.4. The lowest BCUT2D eigenvalue weighted by molar-refractivity contribution is -0.132. The number of amides is 1. The van der Waals surface area contributed by atoms with Gasteiger partial charge in [-0.05, 0) is 12.8 Å². The van der Waals surface area contributed by atoms with Gasteiger partial charge in [-0.25, -0.2) is 22.3 Å². The molecule has 0 saturated heterocycles. The van der Waals surface area contributed by atoms with Crippen LogP contribution < -0.4 is 5.48 Å². The van der Waals surface area contributed by atoms with Crippen molar-refractivity contribution in [1.82, 2.24) is 5.48 Å². The summed E-state index contributed by atoms with van der Waals surface area (Å²) in [5, 5.41) is 8.90. The van der Waals surface area contributed by atoms with E-state index in [4.69, 9.17) is 5.21 Å². The van der Waals surface area contributed by atoms with Crippen molar-refractivity contribution in [1.29, 1.82) is 0 Å². The summed E-state index contributed by atoms with van der Waals surface area (Å²) in [5.41, 5.74) is 1.42. The van der Waals surface area contributed by atoms with Crippen LogP contribution in [0.1, 0.15) is 90.9 Å². The SMILES string of the molecule is CCCCCCCCS(=O)(=O)CC(CS(=O)(=O)CCCCCCCC)C(=O)NO. The summed E-state index contributed by atoms with van der Waals surface area (Å²) in [6.45, 7) is 4.22. The van der Waals surface area contributed by atoms with Gasteiger partial charge in [0.15, 0.2) is 19.7 Å². The Kier molecular flexibility index (Phi) is 15.7. The van der Waals surface area contributed by atoms with Gasteiger partial charge in [0.1, 0.15) is 0 Å². The Bertz CT molecular complexity index is 583.